The van der Waals surface area contributed by atoms with E-state index in [1.54, 1.807) is 25.2 Å². The summed E-state index contributed by atoms with van der Waals surface area (Å²) < 4.78 is 14.8. The van der Waals surface area contributed by atoms with Crippen molar-refractivity contribution in [3.8, 4) is 6.07 Å². The molecule has 0 fully saturated rings. The lowest BCUT2D eigenvalue weighted by Crippen LogP contribution is -2.18. The molecule has 2 aromatic rings. The molecular weight excluding hydrogens is 247 g/mol. The molecule has 0 spiro atoms. The molecule has 0 aliphatic heterocycles. The van der Waals surface area contributed by atoms with E-state index < -0.39 is 11.7 Å². The average Bonchev–Trinajstić information content (AvgIpc) is 2.73. The van der Waals surface area contributed by atoms with Crippen LogP contribution in [-0.2, 0) is 18.3 Å². The van der Waals surface area contributed by atoms with Gasteiger partial charge in [0, 0.05) is 7.05 Å². The van der Waals surface area contributed by atoms with Crippen LogP contribution in [0.25, 0.3) is 0 Å². The van der Waals surface area contributed by atoms with E-state index in [2.05, 4.69) is 10.4 Å². The Morgan fingerprint density at radius 1 is 1.53 bits per heavy atom. The zero-order valence-corrected chi connectivity index (χ0v) is 10.2. The smallest absolute Gasteiger partial charge is 0.230 e. The third-order valence-electron chi connectivity index (χ3n) is 2.63. The van der Waals surface area contributed by atoms with Gasteiger partial charge in [-0.25, -0.2) is 4.39 Å². The molecule has 1 N–H and O–H groups in total. The van der Waals surface area contributed by atoms with Crippen LogP contribution in [0.1, 0.15) is 11.1 Å². The van der Waals surface area contributed by atoms with Crippen LogP contribution in [-0.4, -0.2) is 15.7 Å². The lowest BCUT2D eigenvalue weighted by atomic mass is 10.1. The molecule has 0 saturated carbocycles. The van der Waals surface area contributed by atoms with Crippen molar-refractivity contribution in [1.82, 2.24) is 9.78 Å². The zero-order chi connectivity index (χ0) is 13.8. The molecule has 1 heterocycles. The van der Waals surface area contributed by atoms with Gasteiger partial charge in [-0.15, -0.1) is 0 Å². The number of nitrogens with zero attached hydrogens (tertiary/aromatic N) is 3. The molecule has 1 aromatic heterocycles. The Balaban J connectivity index is 2.13. The quantitative estimate of drug-likeness (QED) is 0.909. The van der Waals surface area contributed by atoms with Crippen molar-refractivity contribution in [2.24, 2.45) is 7.05 Å². The predicted molar refractivity (Wildman–Crippen MR) is 66.7 cm³/mol. The van der Waals surface area contributed by atoms with Gasteiger partial charge in [-0.05, 0) is 11.6 Å². The first-order valence-electron chi connectivity index (χ1n) is 5.57. The van der Waals surface area contributed by atoms with E-state index in [-0.39, 0.29) is 12.0 Å². The molecule has 96 valence electrons. The Morgan fingerprint density at radius 2 is 2.26 bits per heavy atom. The number of nitriles is 1. The summed E-state index contributed by atoms with van der Waals surface area (Å²) in [5.74, 6) is -0.516. The van der Waals surface area contributed by atoms with Crippen molar-refractivity contribution < 1.29 is 9.18 Å². The van der Waals surface area contributed by atoms with E-state index in [1.165, 1.54) is 16.9 Å². The Bertz CT molecular complexity index is 657. The molecule has 2 rings (SSSR count). The molecule has 1 amide bonds. The minimum Gasteiger partial charge on any atom is -0.310 e. The number of hydrogen-bond donors (Lipinski definition) is 1. The summed E-state index contributed by atoms with van der Waals surface area (Å²) in [5, 5.41) is 15.3. The van der Waals surface area contributed by atoms with Crippen LogP contribution in [0.2, 0.25) is 0 Å². The summed E-state index contributed by atoms with van der Waals surface area (Å²) in [5.41, 5.74) is 0.574. The fraction of sp³-hybridized carbons (Fsp3) is 0.154. The number of carbonyl (C=O) groups is 1. The van der Waals surface area contributed by atoms with Crippen molar-refractivity contribution in [1.29, 1.82) is 5.26 Å². The fourth-order valence-corrected chi connectivity index (χ4v) is 1.66. The van der Waals surface area contributed by atoms with Gasteiger partial charge in [0.2, 0.25) is 5.91 Å². The standard InChI is InChI=1S/C13H11FN4O/c1-18-13(10(7-15)8-16-18)17-12(19)6-9-4-2-3-5-11(9)14/h2-5,8H,6H2,1H3,(H,17,19). The Hall–Kier alpha value is -2.68. The first kappa shape index (κ1) is 12.8. The monoisotopic (exact) mass is 258 g/mol. The summed E-state index contributed by atoms with van der Waals surface area (Å²) in [6.07, 6.45) is 1.27. The number of benzene rings is 1. The number of nitrogens with one attached hydrogen (secondary N) is 1. The van der Waals surface area contributed by atoms with Crippen LogP contribution in [0.3, 0.4) is 0 Å². The summed E-state index contributed by atoms with van der Waals surface area (Å²) >= 11 is 0. The van der Waals surface area contributed by atoms with Gasteiger partial charge in [-0.2, -0.15) is 10.4 Å². The maximum atomic E-state index is 13.4. The molecule has 0 atom stereocenters. The van der Waals surface area contributed by atoms with Gasteiger partial charge in [0.25, 0.3) is 0 Å². The highest BCUT2D eigenvalue weighted by molar-refractivity contribution is 5.92. The molecule has 0 aliphatic rings. The van der Waals surface area contributed by atoms with Gasteiger partial charge >= 0.3 is 0 Å². The van der Waals surface area contributed by atoms with Crippen molar-refractivity contribution in [2.75, 3.05) is 5.32 Å². The topological polar surface area (TPSA) is 70.7 Å². The summed E-state index contributed by atoms with van der Waals surface area (Å²) in [6, 6.07) is 7.99. The van der Waals surface area contributed by atoms with E-state index in [4.69, 9.17) is 5.26 Å². The van der Waals surface area contributed by atoms with E-state index in [0.29, 0.717) is 11.4 Å². The number of aromatic nitrogens is 2. The molecule has 6 heteroatoms. The average molecular weight is 258 g/mol. The number of carbonyl (C=O) groups excluding carboxylic acids is 1. The third-order valence-corrected chi connectivity index (χ3v) is 2.63. The van der Waals surface area contributed by atoms with Gasteiger partial charge in [-0.1, -0.05) is 18.2 Å². The second kappa shape index (κ2) is 5.31. The number of aryl methyl sites for hydroxylation is 1. The summed E-state index contributed by atoms with van der Waals surface area (Å²) in [6.45, 7) is 0. The van der Waals surface area contributed by atoms with E-state index in [0.717, 1.165) is 0 Å². The van der Waals surface area contributed by atoms with Crippen LogP contribution in [0.15, 0.2) is 30.5 Å². The van der Waals surface area contributed by atoms with Crippen molar-refractivity contribution >= 4 is 11.7 Å². The van der Waals surface area contributed by atoms with Gasteiger partial charge in [-0.3, -0.25) is 9.48 Å². The molecule has 0 unspecified atom stereocenters. The number of rotatable bonds is 3. The fourth-order valence-electron chi connectivity index (χ4n) is 1.66. The van der Waals surface area contributed by atoms with Gasteiger partial charge in [0.15, 0.2) is 0 Å². The molecule has 0 bridgehead atoms. The maximum Gasteiger partial charge on any atom is 0.230 e. The molecule has 0 saturated heterocycles. The van der Waals surface area contributed by atoms with E-state index >= 15 is 0 Å². The van der Waals surface area contributed by atoms with Crippen molar-refractivity contribution in [3.63, 3.8) is 0 Å². The van der Waals surface area contributed by atoms with Crippen LogP contribution in [0, 0.1) is 17.1 Å². The Morgan fingerprint density at radius 3 is 2.95 bits per heavy atom. The number of anilines is 1. The molecule has 5 nitrogen and oxygen atoms in total. The zero-order valence-electron chi connectivity index (χ0n) is 10.2. The van der Waals surface area contributed by atoms with Gasteiger partial charge < -0.3 is 5.32 Å². The second-order valence-corrected chi connectivity index (χ2v) is 3.96. The van der Waals surface area contributed by atoms with Gasteiger partial charge in [0.1, 0.15) is 23.3 Å². The largest absolute Gasteiger partial charge is 0.310 e. The number of amides is 1. The predicted octanol–water partition coefficient (Wildman–Crippen LogP) is 1.61. The Kier molecular flexibility index (Phi) is 3.57. The summed E-state index contributed by atoms with van der Waals surface area (Å²) in [7, 11) is 1.61. The van der Waals surface area contributed by atoms with E-state index in [9.17, 15) is 9.18 Å². The molecule has 0 radical (unpaired) electrons. The number of halogens is 1. The third kappa shape index (κ3) is 2.77. The molecule has 1 aromatic carbocycles. The first-order valence-corrected chi connectivity index (χ1v) is 5.57. The molecular formula is C13H11FN4O. The first-order chi connectivity index (χ1) is 9.11. The highest BCUT2D eigenvalue weighted by Gasteiger charge is 2.13. The van der Waals surface area contributed by atoms with Crippen molar-refractivity contribution in [3.05, 3.63) is 47.4 Å². The molecule has 19 heavy (non-hydrogen) atoms. The van der Waals surface area contributed by atoms with Crippen LogP contribution < -0.4 is 5.32 Å². The minimum absolute atomic E-state index is 0.0945. The van der Waals surface area contributed by atoms with Crippen LogP contribution in [0.5, 0.6) is 0 Å². The van der Waals surface area contributed by atoms with Crippen molar-refractivity contribution in [2.45, 2.75) is 6.42 Å². The maximum absolute atomic E-state index is 13.4. The van der Waals surface area contributed by atoms with Crippen LogP contribution in [0.4, 0.5) is 10.2 Å². The van der Waals surface area contributed by atoms with E-state index in [1.807, 2.05) is 6.07 Å². The van der Waals surface area contributed by atoms with Gasteiger partial charge in [0.05, 0.1) is 12.6 Å². The Labute approximate surface area is 109 Å². The highest BCUT2D eigenvalue weighted by Crippen LogP contribution is 2.14. The molecule has 0 aliphatic carbocycles. The minimum atomic E-state index is -0.428. The normalized spacial score (nSPS) is 9.95. The lowest BCUT2D eigenvalue weighted by molar-refractivity contribution is -0.115. The number of hydrogen-bond acceptors (Lipinski definition) is 3. The SMILES string of the molecule is Cn1ncc(C#N)c1NC(=O)Cc1ccccc1F. The highest BCUT2D eigenvalue weighted by atomic mass is 19.1. The van der Waals surface area contributed by atoms with Crippen LogP contribution >= 0.6 is 0 Å². The summed E-state index contributed by atoms with van der Waals surface area (Å²) in [4.78, 5) is 11.8. The second-order valence-electron chi connectivity index (χ2n) is 3.96. The lowest BCUT2D eigenvalue weighted by Gasteiger charge is -2.06.